The number of esters is 1. The van der Waals surface area contributed by atoms with Gasteiger partial charge in [0.05, 0.1) is 12.7 Å². The Morgan fingerprint density at radius 2 is 1.74 bits per heavy atom. The van der Waals surface area contributed by atoms with E-state index in [1.807, 2.05) is 37.3 Å². The molecule has 1 amide bonds. The van der Waals surface area contributed by atoms with Crippen LogP contribution in [0.15, 0.2) is 48.5 Å². The van der Waals surface area contributed by atoms with E-state index in [0.717, 1.165) is 11.1 Å². The van der Waals surface area contributed by atoms with Gasteiger partial charge in [-0.25, -0.2) is 4.79 Å². The topological polar surface area (TPSA) is 64.6 Å². The predicted molar refractivity (Wildman–Crippen MR) is 87.3 cm³/mol. The largest absolute Gasteiger partial charge is 0.465 e. The number of benzene rings is 2. The Kier molecular flexibility index (Phi) is 5.49. The molecule has 5 heteroatoms. The van der Waals surface area contributed by atoms with Crippen molar-refractivity contribution in [2.75, 3.05) is 19.5 Å². The molecule has 0 fully saturated rings. The number of ether oxygens (including phenoxy) is 2. The third kappa shape index (κ3) is 3.96. The SMILES string of the molecule is COC(=O)c1ccc(C)c(NC(=O)[C@@H](OC)c2ccccc2)c1. The number of hydrogen-bond acceptors (Lipinski definition) is 4. The average Bonchev–Trinajstić information content (AvgIpc) is 2.57. The standard InChI is InChI=1S/C18H19NO4/c1-12-9-10-14(18(21)23-3)11-15(12)19-17(20)16(22-2)13-7-5-4-6-8-13/h4-11,16H,1-3H3,(H,19,20)/t16-/m0/s1. The fraction of sp³-hybridized carbons (Fsp3) is 0.222. The van der Waals surface area contributed by atoms with Crippen LogP contribution in [0, 0.1) is 6.92 Å². The molecule has 23 heavy (non-hydrogen) atoms. The number of hydrogen-bond donors (Lipinski definition) is 1. The summed E-state index contributed by atoms with van der Waals surface area (Å²) in [7, 11) is 2.80. The molecule has 0 aliphatic heterocycles. The summed E-state index contributed by atoms with van der Waals surface area (Å²) in [5.74, 6) is -0.754. The maximum atomic E-state index is 12.5. The zero-order chi connectivity index (χ0) is 16.8. The van der Waals surface area contributed by atoms with Gasteiger partial charge < -0.3 is 14.8 Å². The molecule has 0 heterocycles. The lowest BCUT2D eigenvalue weighted by Gasteiger charge is -2.17. The second kappa shape index (κ2) is 7.56. The highest BCUT2D eigenvalue weighted by atomic mass is 16.5. The van der Waals surface area contributed by atoms with E-state index in [9.17, 15) is 9.59 Å². The van der Waals surface area contributed by atoms with Crippen LogP contribution < -0.4 is 5.32 Å². The van der Waals surface area contributed by atoms with Gasteiger partial charge in [0.25, 0.3) is 5.91 Å². The highest BCUT2D eigenvalue weighted by Crippen LogP contribution is 2.22. The van der Waals surface area contributed by atoms with E-state index in [1.54, 1.807) is 18.2 Å². The van der Waals surface area contributed by atoms with Crippen LogP contribution in [0.3, 0.4) is 0 Å². The van der Waals surface area contributed by atoms with Gasteiger partial charge in [0.15, 0.2) is 6.10 Å². The van der Waals surface area contributed by atoms with Crippen molar-refractivity contribution < 1.29 is 19.1 Å². The average molecular weight is 313 g/mol. The molecule has 1 atom stereocenters. The third-order valence-corrected chi connectivity index (χ3v) is 3.49. The second-order valence-corrected chi connectivity index (χ2v) is 5.04. The minimum atomic E-state index is -0.725. The number of anilines is 1. The van der Waals surface area contributed by atoms with Crippen LogP contribution in [0.2, 0.25) is 0 Å². The first-order chi connectivity index (χ1) is 11.1. The van der Waals surface area contributed by atoms with Gasteiger partial charge >= 0.3 is 5.97 Å². The molecule has 0 aliphatic carbocycles. The molecule has 0 bridgehead atoms. The Bertz CT molecular complexity index is 697. The van der Waals surface area contributed by atoms with Crippen molar-refractivity contribution in [2.24, 2.45) is 0 Å². The summed E-state index contributed by atoms with van der Waals surface area (Å²) in [6.07, 6.45) is -0.725. The van der Waals surface area contributed by atoms with Crippen LogP contribution in [-0.4, -0.2) is 26.1 Å². The highest BCUT2D eigenvalue weighted by molar-refractivity contribution is 5.97. The van der Waals surface area contributed by atoms with Crippen molar-refractivity contribution in [2.45, 2.75) is 13.0 Å². The van der Waals surface area contributed by atoms with Crippen molar-refractivity contribution in [3.63, 3.8) is 0 Å². The lowest BCUT2D eigenvalue weighted by atomic mass is 10.1. The van der Waals surface area contributed by atoms with Gasteiger partial charge in [-0.15, -0.1) is 0 Å². The summed E-state index contributed by atoms with van der Waals surface area (Å²) in [4.78, 5) is 24.1. The number of rotatable bonds is 5. The van der Waals surface area contributed by atoms with Gasteiger partial charge in [-0.2, -0.15) is 0 Å². The zero-order valence-electron chi connectivity index (χ0n) is 13.3. The first kappa shape index (κ1) is 16.7. The predicted octanol–water partition coefficient (Wildman–Crippen LogP) is 3.11. The Hall–Kier alpha value is -2.66. The molecule has 0 saturated heterocycles. The summed E-state index contributed by atoms with van der Waals surface area (Å²) in [6, 6.07) is 14.2. The van der Waals surface area contributed by atoms with E-state index in [1.165, 1.54) is 14.2 Å². The molecule has 5 nitrogen and oxygen atoms in total. The molecular formula is C18H19NO4. The number of methoxy groups -OCH3 is 2. The normalized spacial score (nSPS) is 11.6. The van der Waals surface area contributed by atoms with Crippen molar-refractivity contribution in [3.05, 3.63) is 65.2 Å². The molecule has 0 radical (unpaired) electrons. The van der Waals surface area contributed by atoms with Crippen molar-refractivity contribution in [3.8, 4) is 0 Å². The van der Waals surface area contributed by atoms with Crippen LogP contribution >= 0.6 is 0 Å². The highest BCUT2D eigenvalue weighted by Gasteiger charge is 2.21. The zero-order valence-corrected chi connectivity index (χ0v) is 13.3. The maximum absolute atomic E-state index is 12.5. The van der Waals surface area contributed by atoms with Crippen molar-refractivity contribution in [1.29, 1.82) is 0 Å². The van der Waals surface area contributed by atoms with Crippen LogP contribution in [0.5, 0.6) is 0 Å². The molecule has 2 aromatic carbocycles. The number of carbonyl (C=O) groups excluding carboxylic acids is 2. The Morgan fingerprint density at radius 1 is 1.04 bits per heavy atom. The lowest BCUT2D eigenvalue weighted by molar-refractivity contribution is -0.126. The van der Waals surface area contributed by atoms with E-state index in [-0.39, 0.29) is 5.91 Å². The number of amides is 1. The fourth-order valence-corrected chi connectivity index (χ4v) is 2.22. The number of nitrogens with one attached hydrogen (secondary N) is 1. The third-order valence-electron chi connectivity index (χ3n) is 3.49. The molecule has 1 N–H and O–H groups in total. The fourth-order valence-electron chi connectivity index (χ4n) is 2.22. The summed E-state index contributed by atoms with van der Waals surface area (Å²) in [6.45, 7) is 1.85. The van der Waals surface area contributed by atoms with Crippen LogP contribution in [0.1, 0.15) is 27.6 Å². The minimum absolute atomic E-state index is 0.302. The molecule has 0 unspecified atom stereocenters. The van der Waals surface area contributed by atoms with E-state index in [4.69, 9.17) is 9.47 Å². The Labute approximate surface area is 135 Å². The summed E-state index contributed by atoms with van der Waals surface area (Å²) in [5, 5.41) is 2.81. The summed E-state index contributed by atoms with van der Waals surface area (Å²) < 4.78 is 10.0. The molecular weight excluding hydrogens is 294 g/mol. The van der Waals surface area contributed by atoms with Crippen LogP contribution in [-0.2, 0) is 14.3 Å². The smallest absolute Gasteiger partial charge is 0.337 e. The van der Waals surface area contributed by atoms with E-state index in [2.05, 4.69) is 5.32 Å². The number of aryl methyl sites for hydroxylation is 1. The van der Waals surface area contributed by atoms with Gasteiger partial charge in [0.1, 0.15) is 0 Å². The van der Waals surface area contributed by atoms with Gasteiger partial charge in [0, 0.05) is 12.8 Å². The van der Waals surface area contributed by atoms with Gasteiger partial charge in [-0.3, -0.25) is 4.79 Å². The molecule has 0 saturated carbocycles. The molecule has 120 valence electrons. The quantitative estimate of drug-likeness (QED) is 0.861. The molecule has 0 aromatic heterocycles. The van der Waals surface area contributed by atoms with Crippen molar-refractivity contribution in [1.82, 2.24) is 0 Å². The maximum Gasteiger partial charge on any atom is 0.337 e. The van der Waals surface area contributed by atoms with Gasteiger partial charge in [-0.1, -0.05) is 36.4 Å². The van der Waals surface area contributed by atoms with Crippen LogP contribution in [0.4, 0.5) is 5.69 Å². The van der Waals surface area contributed by atoms with Gasteiger partial charge in [0.2, 0.25) is 0 Å². The Morgan fingerprint density at radius 3 is 2.35 bits per heavy atom. The molecule has 2 aromatic rings. The van der Waals surface area contributed by atoms with Gasteiger partial charge in [-0.05, 0) is 30.2 Å². The minimum Gasteiger partial charge on any atom is -0.465 e. The second-order valence-electron chi connectivity index (χ2n) is 5.04. The number of carbonyl (C=O) groups is 2. The molecule has 0 spiro atoms. The molecule has 0 aliphatic rings. The summed E-state index contributed by atoms with van der Waals surface area (Å²) >= 11 is 0. The van der Waals surface area contributed by atoms with Crippen LogP contribution in [0.25, 0.3) is 0 Å². The van der Waals surface area contributed by atoms with Crippen molar-refractivity contribution >= 4 is 17.6 Å². The lowest BCUT2D eigenvalue weighted by Crippen LogP contribution is -2.23. The first-order valence-electron chi connectivity index (χ1n) is 7.14. The summed E-state index contributed by atoms with van der Waals surface area (Å²) in [5.41, 5.74) is 2.53. The first-order valence-corrected chi connectivity index (χ1v) is 7.14. The van der Waals surface area contributed by atoms with E-state index >= 15 is 0 Å². The monoisotopic (exact) mass is 313 g/mol. The van der Waals surface area contributed by atoms with E-state index < -0.39 is 12.1 Å². The Balaban J connectivity index is 2.23. The van der Waals surface area contributed by atoms with E-state index in [0.29, 0.717) is 11.3 Å². The molecule has 2 rings (SSSR count).